The molecule has 0 N–H and O–H groups in total. The van der Waals surface area contributed by atoms with E-state index in [9.17, 15) is 0 Å². The van der Waals surface area contributed by atoms with Crippen LogP contribution in [-0.2, 0) is 0 Å². The fraction of sp³-hybridized carbons (Fsp3) is 0.0435. The van der Waals surface area contributed by atoms with Crippen LogP contribution in [0.1, 0.15) is 0 Å². The molecule has 0 spiro atoms. The largest absolute Gasteiger partial charge is 0.454 e. The van der Waals surface area contributed by atoms with Crippen LogP contribution in [0.3, 0.4) is 0 Å². The fourth-order valence-corrected chi connectivity index (χ4v) is 3.82. The molecule has 5 aromatic rings. The fourth-order valence-electron chi connectivity index (χ4n) is 3.82. The lowest BCUT2D eigenvalue weighted by molar-refractivity contribution is 0.174. The molecule has 0 fully saturated rings. The van der Waals surface area contributed by atoms with Crippen LogP contribution < -0.4 is 9.47 Å². The van der Waals surface area contributed by atoms with Gasteiger partial charge in [0.2, 0.25) is 6.79 Å². The first-order valence-corrected chi connectivity index (χ1v) is 9.19. The quantitative estimate of drug-likeness (QED) is 0.425. The second-order valence-corrected chi connectivity index (χ2v) is 6.83. The van der Waals surface area contributed by atoms with Crippen molar-refractivity contribution in [2.45, 2.75) is 0 Å². The number of benzene rings is 2. The summed E-state index contributed by atoms with van der Waals surface area (Å²) in [5.41, 5.74) is 2.97. The van der Waals surface area contributed by atoms with E-state index in [0.29, 0.717) is 28.3 Å². The lowest BCUT2D eigenvalue weighted by atomic mass is 10.1. The second-order valence-electron chi connectivity index (χ2n) is 6.83. The lowest BCUT2D eigenvalue weighted by Gasteiger charge is -2.14. The minimum absolute atomic E-state index is 0.168. The van der Waals surface area contributed by atoms with E-state index in [4.69, 9.17) is 9.47 Å². The Balaban J connectivity index is 1.67. The molecule has 0 saturated heterocycles. The van der Waals surface area contributed by atoms with Crippen molar-refractivity contribution in [3.63, 3.8) is 0 Å². The van der Waals surface area contributed by atoms with Gasteiger partial charge in [-0.1, -0.05) is 18.2 Å². The smallest absolute Gasteiger partial charge is 0.231 e. The molecule has 5 nitrogen and oxygen atoms in total. The summed E-state index contributed by atoms with van der Waals surface area (Å²) < 4.78 is 28.7. The molecule has 4 heterocycles. The van der Waals surface area contributed by atoms with Gasteiger partial charge in [0.15, 0.2) is 17.3 Å². The van der Waals surface area contributed by atoms with E-state index in [1.54, 1.807) is 30.6 Å². The summed E-state index contributed by atoms with van der Waals surface area (Å²) in [6.45, 7) is 0.168. The lowest BCUT2D eigenvalue weighted by Crippen LogP contribution is -2.02. The molecule has 0 atom stereocenters. The van der Waals surface area contributed by atoms with Crippen molar-refractivity contribution in [1.29, 1.82) is 0 Å². The maximum Gasteiger partial charge on any atom is 0.231 e. The number of ether oxygens (including phenoxy) is 2. The summed E-state index contributed by atoms with van der Waals surface area (Å²) in [5.74, 6) is 0.854. The van der Waals surface area contributed by atoms with E-state index in [1.807, 2.05) is 47.2 Å². The average molecular weight is 383 g/mol. The van der Waals surface area contributed by atoms with Gasteiger partial charge in [-0.2, -0.15) is 0 Å². The molecular weight excluding hydrogens is 369 g/mol. The van der Waals surface area contributed by atoms with Crippen LogP contribution in [0.4, 0.5) is 4.39 Å². The molecule has 0 saturated carbocycles. The molecule has 0 radical (unpaired) electrons. The third-order valence-corrected chi connectivity index (χ3v) is 5.18. The predicted octanol–water partition coefficient (Wildman–Crippen LogP) is 5.11. The van der Waals surface area contributed by atoms with Crippen molar-refractivity contribution in [3.8, 4) is 28.4 Å². The Morgan fingerprint density at radius 3 is 2.83 bits per heavy atom. The van der Waals surface area contributed by atoms with E-state index < -0.39 is 5.82 Å². The van der Waals surface area contributed by atoms with Crippen LogP contribution in [0.25, 0.3) is 38.8 Å². The summed E-state index contributed by atoms with van der Waals surface area (Å²) in [6, 6.07) is 16.7. The number of hydrogen-bond acceptors (Lipinski definition) is 4. The van der Waals surface area contributed by atoms with Gasteiger partial charge in [0.1, 0.15) is 5.69 Å². The highest BCUT2D eigenvalue weighted by Crippen LogP contribution is 2.38. The van der Waals surface area contributed by atoms with Crippen LogP contribution >= 0.6 is 0 Å². The molecule has 3 aromatic heterocycles. The van der Waals surface area contributed by atoms with Crippen molar-refractivity contribution in [2.75, 3.05) is 6.79 Å². The zero-order valence-electron chi connectivity index (χ0n) is 15.2. The highest BCUT2D eigenvalue weighted by atomic mass is 19.1. The van der Waals surface area contributed by atoms with Crippen molar-refractivity contribution >= 4 is 21.8 Å². The number of pyridine rings is 2. The molecule has 6 heteroatoms. The Bertz CT molecular complexity index is 1410. The number of para-hydroxylation sites is 1. The molecule has 1 aliphatic heterocycles. The van der Waals surface area contributed by atoms with Gasteiger partial charge in [-0.15, -0.1) is 0 Å². The van der Waals surface area contributed by atoms with Gasteiger partial charge < -0.3 is 14.0 Å². The van der Waals surface area contributed by atoms with Crippen LogP contribution in [-0.4, -0.2) is 21.3 Å². The van der Waals surface area contributed by atoms with Gasteiger partial charge in [0.25, 0.3) is 0 Å². The monoisotopic (exact) mass is 383 g/mol. The van der Waals surface area contributed by atoms with Gasteiger partial charge in [-0.05, 0) is 36.4 Å². The molecule has 0 bridgehead atoms. The number of hydrogen-bond donors (Lipinski definition) is 0. The first-order chi connectivity index (χ1) is 14.3. The zero-order chi connectivity index (χ0) is 19.4. The Morgan fingerprint density at radius 1 is 0.966 bits per heavy atom. The van der Waals surface area contributed by atoms with E-state index in [2.05, 4.69) is 9.97 Å². The first kappa shape index (κ1) is 16.1. The van der Waals surface area contributed by atoms with Gasteiger partial charge in [0.05, 0.1) is 16.7 Å². The Labute approximate surface area is 165 Å². The molecule has 6 rings (SSSR count). The first-order valence-electron chi connectivity index (χ1n) is 9.19. The van der Waals surface area contributed by atoms with E-state index in [-0.39, 0.29) is 12.5 Å². The maximum atomic E-state index is 16.0. The number of halogens is 1. The molecule has 140 valence electrons. The molecule has 2 aromatic carbocycles. The van der Waals surface area contributed by atoms with E-state index in [1.165, 1.54) is 0 Å². The van der Waals surface area contributed by atoms with Gasteiger partial charge in [-0.3, -0.25) is 4.98 Å². The van der Waals surface area contributed by atoms with Crippen molar-refractivity contribution in [2.24, 2.45) is 0 Å². The molecule has 0 unspecified atom stereocenters. The molecule has 0 amide bonds. The Morgan fingerprint density at radius 2 is 1.86 bits per heavy atom. The van der Waals surface area contributed by atoms with Gasteiger partial charge >= 0.3 is 0 Å². The van der Waals surface area contributed by atoms with Gasteiger partial charge in [-0.25, -0.2) is 9.37 Å². The minimum Gasteiger partial charge on any atom is -0.454 e. The highest BCUT2D eigenvalue weighted by molar-refractivity contribution is 5.93. The zero-order valence-corrected chi connectivity index (χ0v) is 15.2. The maximum absolute atomic E-state index is 16.0. The van der Waals surface area contributed by atoms with Crippen molar-refractivity contribution in [1.82, 2.24) is 14.5 Å². The molecule has 0 aliphatic carbocycles. The van der Waals surface area contributed by atoms with Crippen molar-refractivity contribution in [3.05, 3.63) is 79.0 Å². The summed E-state index contributed by atoms with van der Waals surface area (Å²) >= 11 is 0. The molecular formula is C23H14FN3O2. The Kier molecular flexibility index (Phi) is 3.34. The van der Waals surface area contributed by atoms with Crippen LogP contribution in [0.5, 0.6) is 11.5 Å². The number of fused-ring (bicyclic) bond motifs is 3. The Hall–Kier alpha value is -3.93. The number of aromatic nitrogens is 3. The van der Waals surface area contributed by atoms with Crippen LogP contribution in [0, 0.1) is 5.82 Å². The molecule has 29 heavy (non-hydrogen) atoms. The standard InChI is InChI=1S/C23H14FN3O2/c24-21-22(14-5-6-19-20(11-14)29-13-28-19)26-17-4-2-1-3-16(17)23(21)27-10-8-15-12-25-9-7-18(15)27/h1-12H,13H2. The van der Waals surface area contributed by atoms with E-state index in [0.717, 1.165) is 16.3 Å². The van der Waals surface area contributed by atoms with Crippen molar-refractivity contribution < 1.29 is 13.9 Å². The number of rotatable bonds is 2. The summed E-state index contributed by atoms with van der Waals surface area (Å²) in [7, 11) is 0. The van der Waals surface area contributed by atoms with Crippen LogP contribution in [0.15, 0.2) is 73.2 Å². The SMILES string of the molecule is Fc1c(-c2ccc3c(c2)OCO3)nc2ccccc2c1-n1ccc2cnccc21. The summed E-state index contributed by atoms with van der Waals surface area (Å²) in [5, 5.41) is 1.68. The second kappa shape index (κ2) is 6.04. The third-order valence-electron chi connectivity index (χ3n) is 5.18. The number of nitrogens with zero attached hydrogens (tertiary/aromatic N) is 3. The highest BCUT2D eigenvalue weighted by Gasteiger charge is 2.21. The normalized spacial score (nSPS) is 12.7. The average Bonchev–Trinajstić information content (AvgIpc) is 3.40. The topological polar surface area (TPSA) is 49.2 Å². The van der Waals surface area contributed by atoms with Crippen LogP contribution in [0.2, 0.25) is 0 Å². The minimum atomic E-state index is -0.392. The third kappa shape index (κ3) is 2.39. The predicted molar refractivity (Wildman–Crippen MR) is 108 cm³/mol. The summed E-state index contributed by atoms with van der Waals surface area (Å²) in [4.78, 5) is 8.78. The summed E-state index contributed by atoms with van der Waals surface area (Å²) in [6.07, 6.45) is 5.34. The van der Waals surface area contributed by atoms with Gasteiger partial charge in [0, 0.05) is 34.9 Å². The molecule has 1 aliphatic rings. The van der Waals surface area contributed by atoms with E-state index >= 15 is 4.39 Å².